The fourth-order valence-corrected chi connectivity index (χ4v) is 2.92. The van der Waals surface area contributed by atoms with Crippen molar-refractivity contribution in [2.45, 2.75) is 45.6 Å². The molecular formula is C18H29FN2. The number of halogens is 1. The number of hydrogen-bond donors (Lipinski definition) is 1. The zero-order valence-electron chi connectivity index (χ0n) is 13.4. The molecule has 1 N–H and O–H groups in total. The Morgan fingerprint density at radius 3 is 2.48 bits per heavy atom. The summed E-state index contributed by atoms with van der Waals surface area (Å²) >= 11 is 0. The fourth-order valence-electron chi connectivity index (χ4n) is 2.92. The van der Waals surface area contributed by atoms with Crippen molar-refractivity contribution in [3.05, 3.63) is 35.6 Å². The first-order chi connectivity index (χ1) is 10.2. The highest BCUT2D eigenvalue weighted by molar-refractivity contribution is 5.19. The Labute approximate surface area is 128 Å². The first-order valence-corrected chi connectivity index (χ1v) is 8.44. The van der Waals surface area contributed by atoms with Crippen molar-refractivity contribution >= 4 is 0 Å². The van der Waals surface area contributed by atoms with Gasteiger partial charge in [0.1, 0.15) is 5.82 Å². The highest BCUT2D eigenvalue weighted by Crippen LogP contribution is 2.30. The zero-order valence-corrected chi connectivity index (χ0v) is 13.4. The SMILES string of the molecule is CCCN(CCC(NCC)c1ccc(F)cc1)CC1CC1. The molecule has 1 aromatic rings. The van der Waals surface area contributed by atoms with E-state index in [2.05, 4.69) is 24.1 Å². The van der Waals surface area contributed by atoms with E-state index in [4.69, 9.17) is 0 Å². The van der Waals surface area contributed by atoms with Crippen molar-refractivity contribution in [1.82, 2.24) is 10.2 Å². The van der Waals surface area contributed by atoms with E-state index in [1.54, 1.807) is 12.1 Å². The summed E-state index contributed by atoms with van der Waals surface area (Å²) in [5, 5.41) is 3.54. The van der Waals surface area contributed by atoms with Crippen LogP contribution in [0.1, 0.15) is 51.1 Å². The summed E-state index contributed by atoms with van der Waals surface area (Å²) in [6.07, 6.45) is 5.13. The second-order valence-corrected chi connectivity index (χ2v) is 6.19. The van der Waals surface area contributed by atoms with Crippen molar-refractivity contribution in [3.63, 3.8) is 0 Å². The number of rotatable bonds is 10. The molecule has 1 fully saturated rings. The quantitative estimate of drug-likeness (QED) is 0.701. The van der Waals surface area contributed by atoms with E-state index >= 15 is 0 Å². The van der Waals surface area contributed by atoms with Crippen LogP contribution in [-0.2, 0) is 0 Å². The van der Waals surface area contributed by atoms with Crippen LogP contribution in [0, 0.1) is 11.7 Å². The maximum atomic E-state index is 13.1. The average Bonchev–Trinajstić information content (AvgIpc) is 3.28. The smallest absolute Gasteiger partial charge is 0.123 e. The van der Waals surface area contributed by atoms with Crippen LogP contribution >= 0.6 is 0 Å². The molecule has 1 aliphatic carbocycles. The molecule has 1 aliphatic rings. The Bertz CT molecular complexity index is 400. The molecule has 2 nitrogen and oxygen atoms in total. The molecular weight excluding hydrogens is 263 g/mol. The monoisotopic (exact) mass is 292 g/mol. The Morgan fingerprint density at radius 1 is 1.19 bits per heavy atom. The molecule has 1 saturated carbocycles. The molecule has 0 saturated heterocycles. The predicted molar refractivity (Wildman–Crippen MR) is 86.9 cm³/mol. The van der Waals surface area contributed by atoms with Crippen molar-refractivity contribution in [2.24, 2.45) is 5.92 Å². The highest BCUT2D eigenvalue weighted by atomic mass is 19.1. The lowest BCUT2D eigenvalue weighted by molar-refractivity contribution is 0.247. The van der Waals surface area contributed by atoms with Crippen molar-refractivity contribution in [2.75, 3.05) is 26.2 Å². The van der Waals surface area contributed by atoms with E-state index < -0.39 is 0 Å². The summed E-state index contributed by atoms with van der Waals surface area (Å²) in [7, 11) is 0. The minimum Gasteiger partial charge on any atom is -0.310 e. The van der Waals surface area contributed by atoms with E-state index in [0.717, 1.165) is 25.4 Å². The third-order valence-corrected chi connectivity index (χ3v) is 4.21. The van der Waals surface area contributed by atoms with Crippen LogP contribution < -0.4 is 5.32 Å². The molecule has 118 valence electrons. The van der Waals surface area contributed by atoms with Crippen LogP contribution in [0.5, 0.6) is 0 Å². The molecule has 3 heteroatoms. The largest absolute Gasteiger partial charge is 0.310 e. The van der Waals surface area contributed by atoms with Crippen LogP contribution in [0.15, 0.2) is 24.3 Å². The second kappa shape index (κ2) is 8.50. The molecule has 0 spiro atoms. The molecule has 0 aliphatic heterocycles. The van der Waals surface area contributed by atoms with Crippen LogP contribution in [0.4, 0.5) is 4.39 Å². The molecule has 1 unspecified atom stereocenters. The lowest BCUT2D eigenvalue weighted by Gasteiger charge is -2.25. The first-order valence-electron chi connectivity index (χ1n) is 8.44. The summed E-state index contributed by atoms with van der Waals surface area (Å²) in [4.78, 5) is 2.60. The maximum Gasteiger partial charge on any atom is 0.123 e. The minimum atomic E-state index is -0.157. The Kier molecular flexibility index (Phi) is 6.65. The van der Waals surface area contributed by atoms with Gasteiger partial charge in [-0.05, 0) is 68.9 Å². The molecule has 0 aromatic heterocycles. The van der Waals surface area contributed by atoms with Gasteiger partial charge in [-0.2, -0.15) is 0 Å². The third kappa shape index (κ3) is 5.76. The first kappa shape index (κ1) is 16.4. The fraction of sp³-hybridized carbons (Fsp3) is 0.667. The lowest BCUT2D eigenvalue weighted by atomic mass is 10.0. The number of nitrogens with one attached hydrogen (secondary N) is 1. The van der Waals surface area contributed by atoms with Gasteiger partial charge in [-0.3, -0.25) is 0 Å². The summed E-state index contributed by atoms with van der Waals surface area (Å²) in [5.74, 6) is 0.787. The van der Waals surface area contributed by atoms with E-state index in [1.807, 2.05) is 12.1 Å². The maximum absolute atomic E-state index is 13.1. The predicted octanol–water partition coefficient (Wildman–Crippen LogP) is 3.99. The molecule has 1 atom stereocenters. The van der Waals surface area contributed by atoms with Gasteiger partial charge in [-0.15, -0.1) is 0 Å². The number of benzene rings is 1. The number of nitrogens with zero attached hydrogens (tertiary/aromatic N) is 1. The van der Waals surface area contributed by atoms with E-state index in [1.165, 1.54) is 37.9 Å². The van der Waals surface area contributed by atoms with E-state index in [0.29, 0.717) is 6.04 Å². The van der Waals surface area contributed by atoms with Gasteiger partial charge in [0.2, 0.25) is 0 Å². The van der Waals surface area contributed by atoms with Crippen LogP contribution in [0.3, 0.4) is 0 Å². The van der Waals surface area contributed by atoms with Gasteiger partial charge in [0, 0.05) is 12.6 Å². The van der Waals surface area contributed by atoms with Crippen LogP contribution in [0.2, 0.25) is 0 Å². The van der Waals surface area contributed by atoms with E-state index in [-0.39, 0.29) is 5.82 Å². The molecule has 0 bridgehead atoms. The van der Waals surface area contributed by atoms with Crippen molar-refractivity contribution in [1.29, 1.82) is 0 Å². The van der Waals surface area contributed by atoms with Gasteiger partial charge in [0.25, 0.3) is 0 Å². The standard InChI is InChI=1S/C18H29FN2/c1-3-12-21(14-15-5-6-15)13-11-18(20-4-2)16-7-9-17(19)10-8-16/h7-10,15,18,20H,3-6,11-14H2,1-2H3. The molecule has 0 amide bonds. The van der Waals surface area contributed by atoms with E-state index in [9.17, 15) is 4.39 Å². The normalized spacial score (nSPS) is 16.4. The minimum absolute atomic E-state index is 0.157. The average molecular weight is 292 g/mol. The Hall–Kier alpha value is -0.930. The molecule has 0 radical (unpaired) electrons. The van der Waals surface area contributed by atoms with Crippen LogP contribution in [-0.4, -0.2) is 31.1 Å². The van der Waals surface area contributed by atoms with Gasteiger partial charge in [-0.1, -0.05) is 26.0 Å². The lowest BCUT2D eigenvalue weighted by Crippen LogP contribution is -2.31. The van der Waals surface area contributed by atoms with Gasteiger partial charge in [0.05, 0.1) is 0 Å². The summed E-state index contributed by atoms with van der Waals surface area (Å²) in [5.41, 5.74) is 1.20. The van der Waals surface area contributed by atoms with Gasteiger partial charge >= 0.3 is 0 Å². The highest BCUT2D eigenvalue weighted by Gasteiger charge is 2.24. The summed E-state index contributed by atoms with van der Waals surface area (Å²) < 4.78 is 13.1. The topological polar surface area (TPSA) is 15.3 Å². The van der Waals surface area contributed by atoms with Crippen molar-refractivity contribution in [3.8, 4) is 0 Å². The summed E-state index contributed by atoms with van der Waals surface area (Å²) in [6.45, 7) is 8.90. The molecule has 21 heavy (non-hydrogen) atoms. The molecule has 1 aromatic carbocycles. The third-order valence-electron chi connectivity index (χ3n) is 4.21. The Balaban J connectivity index is 1.89. The van der Waals surface area contributed by atoms with Crippen LogP contribution in [0.25, 0.3) is 0 Å². The molecule has 2 rings (SSSR count). The zero-order chi connectivity index (χ0) is 15.1. The summed E-state index contributed by atoms with van der Waals surface area (Å²) in [6, 6.07) is 7.28. The van der Waals surface area contributed by atoms with Gasteiger partial charge in [-0.25, -0.2) is 4.39 Å². The van der Waals surface area contributed by atoms with Gasteiger partial charge in [0.15, 0.2) is 0 Å². The Morgan fingerprint density at radius 2 is 1.90 bits per heavy atom. The second-order valence-electron chi connectivity index (χ2n) is 6.19. The number of hydrogen-bond acceptors (Lipinski definition) is 2. The van der Waals surface area contributed by atoms with Gasteiger partial charge < -0.3 is 10.2 Å². The molecule has 0 heterocycles. The van der Waals surface area contributed by atoms with Crippen molar-refractivity contribution < 1.29 is 4.39 Å².